The minimum absolute atomic E-state index is 0.116. The average Bonchev–Trinajstić information content (AvgIpc) is 4.10. The fourth-order valence-corrected chi connectivity index (χ4v) is 11.4. The fourth-order valence-electron chi connectivity index (χ4n) is 11.3. The third kappa shape index (κ3) is 19.1. The van der Waals surface area contributed by atoms with Gasteiger partial charge in [0, 0.05) is 50.3 Å². The first-order valence-electron chi connectivity index (χ1n) is 27.6. The molecule has 2 aliphatic heterocycles. The van der Waals surface area contributed by atoms with Crippen molar-refractivity contribution in [1.82, 2.24) is 10.6 Å². The van der Waals surface area contributed by atoms with Crippen LogP contribution in [0.25, 0.3) is 0 Å². The Hall–Kier alpha value is -6.56. The van der Waals surface area contributed by atoms with Crippen LogP contribution in [0.3, 0.4) is 0 Å². The molecule has 3 N–H and O–H groups in total. The van der Waals surface area contributed by atoms with Crippen LogP contribution >= 0.6 is 11.6 Å². The predicted octanol–water partition coefficient (Wildman–Crippen LogP) is 11.7. The van der Waals surface area contributed by atoms with Crippen molar-refractivity contribution in [3.05, 3.63) is 107 Å². The summed E-state index contributed by atoms with van der Waals surface area (Å²) < 4.78 is 49.1. The summed E-state index contributed by atoms with van der Waals surface area (Å²) in [5.41, 5.74) is -0.852. The third-order valence-corrected chi connectivity index (χ3v) is 15.3. The molecule has 0 aromatic heterocycles. The van der Waals surface area contributed by atoms with Crippen LogP contribution in [0.4, 0.5) is 13.2 Å². The summed E-state index contributed by atoms with van der Waals surface area (Å²) in [4.78, 5) is 101. The first-order valence-corrected chi connectivity index (χ1v) is 27.9. The number of benzene rings is 3. The van der Waals surface area contributed by atoms with Gasteiger partial charge in [-0.25, -0.2) is 37.5 Å². The molecule has 3 aromatic carbocycles. The van der Waals surface area contributed by atoms with Crippen LogP contribution in [-0.4, -0.2) is 87.1 Å². The Labute approximate surface area is 465 Å². The van der Waals surface area contributed by atoms with Gasteiger partial charge in [-0.1, -0.05) is 107 Å². The molecule has 79 heavy (non-hydrogen) atoms. The number of esters is 2. The second kappa shape index (κ2) is 31.3. The molecule has 4 fully saturated rings. The van der Waals surface area contributed by atoms with E-state index in [4.69, 9.17) is 26.2 Å². The monoisotopic (exact) mass is 1120 g/mol. The summed E-state index contributed by atoms with van der Waals surface area (Å²) in [6.45, 7) is 6.09. The Morgan fingerprint density at radius 1 is 0.595 bits per heavy atom. The van der Waals surface area contributed by atoms with Crippen LogP contribution in [0, 0.1) is 41.1 Å². The quantitative estimate of drug-likeness (QED) is 0.0669. The topological polar surface area (TPSA) is 224 Å². The summed E-state index contributed by atoms with van der Waals surface area (Å²) >= 11 is 5.07. The molecule has 4 aliphatic carbocycles. The predicted molar refractivity (Wildman–Crippen MR) is 292 cm³/mol. The lowest BCUT2D eigenvalue weighted by atomic mass is 9.71. The SMILES string of the molecule is CC(=O)NC(C(=O)O)C1CCCCC1.CC(=O)NC(C(=O)c1cccc(F)c1)C1CCCCC1.CC1=NC(C(=O)c2cccc(F)c2)(C2CCCCC2)C(=O)O1.CC1=NC(C2CCCCC2)C(=O)O1.O=C(Cl)c1cccc(F)c1. The van der Waals surface area contributed by atoms with Crippen LogP contribution in [0.1, 0.15) is 187 Å². The lowest BCUT2D eigenvalue weighted by Gasteiger charge is -2.33. The van der Waals surface area contributed by atoms with Crippen LogP contribution in [-0.2, 0) is 33.4 Å². The fraction of sp³-hybridized carbons (Fsp3) is 0.533. The molecule has 0 bridgehead atoms. The van der Waals surface area contributed by atoms with Crippen molar-refractivity contribution in [1.29, 1.82) is 0 Å². The number of nitrogens with zero attached hydrogens (tertiary/aromatic N) is 2. The van der Waals surface area contributed by atoms with Crippen molar-refractivity contribution in [2.24, 2.45) is 33.7 Å². The van der Waals surface area contributed by atoms with E-state index in [0.717, 1.165) is 108 Å². The van der Waals surface area contributed by atoms with Gasteiger partial charge < -0.3 is 25.2 Å². The van der Waals surface area contributed by atoms with E-state index in [1.54, 1.807) is 19.9 Å². The number of halogens is 4. The number of aliphatic imine (C=N–C) groups is 2. The minimum Gasteiger partial charge on any atom is -0.480 e. The number of rotatable bonds is 12. The lowest BCUT2D eigenvalue weighted by Crippen LogP contribution is -2.50. The molecular weight excluding hydrogens is 1050 g/mol. The van der Waals surface area contributed by atoms with E-state index >= 15 is 0 Å². The Kier molecular flexibility index (Phi) is 25.1. The highest BCUT2D eigenvalue weighted by Crippen LogP contribution is 2.41. The van der Waals surface area contributed by atoms with Crippen molar-refractivity contribution in [3.8, 4) is 0 Å². The third-order valence-electron chi connectivity index (χ3n) is 15.1. The van der Waals surface area contributed by atoms with Gasteiger partial charge in [-0.15, -0.1) is 0 Å². The average molecular weight is 1120 g/mol. The normalized spacial score (nSPS) is 21.3. The molecular formula is C60H74ClF3N4O11. The summed E-state index contributed by atoms with van der Waals surface area (Å²) in [6, 6.07) is 14.9. The molecule has 0 radical (unpaired) electrons. The zero-order valence-electron chi connectivity index (χ0n) is 45.5. The summed E-state index contributed by atoms with van der Waals surface area (Å²) in [7, 11) is 0. The maximum atomic E-state index is 13.5. The number of ether oxygens (including phenoxy) is 2. The Balaban J connectivity index is 0.000000187. The largest absolute Gasteiger partial charge is 0.480 e. The summed E-state index contributed by atoms with van der Waals surface area (Å²) in [5, 5.41) is 13.6. The van der Waals surface area contributed by atoms with Gasteiger partial charge in [0.1, 0.15) is 23.5 Å². The van der Waals surface area contributed by atoms with E-state index in [1.165, 1.54) is 101 Å². The smallest absolute Gasteiger partial charge is 0.349 e. The van der Waals surface area contributed by atoms with E-state index in [0.29, 0.717) is 17.4 Å². The Bertz CT molecular complexity index is 2680. The highest BCUT2D eigenvalue weighted by atomic mass is 35.5. The van der Waals surface area contributed by atoms with Gasteiger partial charge in [0.25, 0.3) is 5.24 Å². The zero-order valence-corrected chi connectivity index (χ0v) is 46.3. The number of amides is 2. The number of hydrogen-bond donors (Lipinski definition) is 3. The number of hydrogen-bond acceptors (Lipinski definition) is 12. The molecule has 0 saturated heterocycles. The molecule has 3 aromatic rings. The Morgan fingerprint density at radius 3 is 1.44 bits per heavy atom. The van der Waals surface area contributed by atoms with E-state index in [1.807, 2.05) is 0 Å². The van der Waals surface area contributed by atoms with E-state index < -0.39 is 58.0 Å². The standard InChI is InChI=1S/C17H18FNO3.C16H20FNO2.C10H17NO3.C10H15NO2.C7H4ClFO/c1-11-19-17(16(21)22-11,13-7-3-2-4-8-13)15(20)12-6-5-9-14(18)10-12;1-11(19)18-15(12-6-3-2-4-7-12)16(20)13-8-5-9-14(17)10-13;1-7(12)11-9(10(13)14)8-5-3-2-4-6-8;1-7-11-9(10(12)13-7)8-5-3-2-4-6-8;8-7(10)5-2-1-3-6(9)4-5/h5-6,9-10,13H,2-4,7-8H2,1H3;5,8-10,12,15H,2-4,6-7H2,1H3,(H,18,19);8-9H,2-6H2,1H3,(H,11,12)(H,13,14);8-9H,2-6H2,1H3;1-4H. The maximum Gasteiger partial charge on any atom is 0.349 e. The molecule has 2 amide bonds. The van der Waals surface area contributed by atoms with Crippen LogP contribution in [0.15, 0.2) is 82.8 Å². The molecule has 6 aliphatic rings. The molecule has 9 rings (SSSR count). The van der Waals surface area contributed by atoms with E-state index in [2.05, 4.69) is 20.6 Å². The molecule has 0 spiro atoms. The van der Waals surface area contributed by atoms with Crippen LogP contribution in [0.2, 0.25) is 0 Å². The van der Waals surface area contributed by atoms with Gasteiger partial charge >= 0.3 is 17.9 Å². The number of ketones is 2. The van der Waals surface area contributed by atoms with Gasteiger partial charge in [-0.05, 0) is 123 Å². The second-order valence-corrected chi connectivity index (χ2v) is 21.4. The maximum absolute atomic E-state index is 13.5. The zero-order chi connectivity index (χ0) is 57.6. The van der Waals surface area contributed by atoms with Gasteiger partial charge in [0.2, 0.25) is 23.1 Å². The minimum atomic E-state index is -1.53. The molecule has 4 atom stereocenters. The van der Waals surface area contributed by atoms with Crippen molar-refractivity contribution < 1.29 is 66.1 Å². The van der Waals surface area contributed by atoms with Gasteiger partial charge in [-0.2, -0.15) is 0 Å². The molecule has 15 nitrogen and oxygen atoms in total. The van der Waals surface area contributed by atoms with E-state index in [-0.39, 0.29) is 64.4 Å². The number of carboxylic acids is 1. The highest BCUT2D eigenvalue weighted by molar-refractivity contribution is 6.67. The number of carbonyl (C=O) groups excluding carboxylic acids is 7. The molecule has 428 valence electrons. The highest BCUT2D eigenvalue weighted by Gasteiger charge is 2.57. The molecule has 2 heterocycles. The van der Waals surface area contributed by atoms with Gasteiger partial charge in [0.05, 0.1) is 6.04 Å². The second-order valence-electron chi connectivity index (χ2n) is 21.0. The van der Waals surface area contributed by atoms with Crippen molar-refractivity contribution in [3.63, 3.8) is 0 Å². The van der Waals surface area contributed by atoms with Crippen molar-refractivity contribution in [2.45, 2.75) is 180 Å². The first-order chi connectivity index (χ1) is 37.7. The number of aliphatic carboxylic acids is 1. The van der Waals surface area contributed by atoms with Crippen molar-refractivity contribution >= 4 is 69.9 Å². The molecule has 19 heteroatoms. The molecule has 4 unspecified atom stereocenters. The molecule has 4 saturated carbocycles. The Morgan fingerprint density at radius 2 is 1.03 bits per heavy atom. The van der Waals surface area contributed by atoms with Crippen molar-refractivity contribution in [2.75, 3.05) is 0 Å². The van der Waals surface area contributed by atoms with Gasteiger partial charge in [0.15, 0.2) is 23.6 Å². The number of cyclic esters (lactones) is 2. The lowest BCUT2D eigenvalue weighted by molar-refractivity contribution is -0.143. The summed E-state index contributed by atoms with van der Waals surface area (Å²) in [6.07, 6.45) is 21.0. The summed E-state index contributed by atoms with van der Waals surface area (Å²) in [5.74, 6) is -2.89. The number of Topliss-reactive ketones (excluding diaryl/α,β-unsaturated/α-hetero) is 2. The van der Waals surface area contributed by atoms with E-state index in [9.17, 15) is 51.5 Å². The number of carbonyl (C=O) groups is 8. The van der Waals surface area contributed by atoms with Gasteiger partial charge in [-0.3, -0.25) is 24.0 Å². The number of nitrogens with one attached hydrogen (secondary N) is 2. The number of carboxylic acid groups (broad SMARTS) is 1. The van der Waals surface area contributed by atoms with Crippen LogP contribution in [0.5, 0.6) is 0 Å². The van der Waals surface area contributed by atoms with Crippen LogP contribution < -0.4 is 10.6 Å². The first kappa shape index (κ1) is 63.3.